The first-order chi connectivity index (χ1) is 8.07. The molecule has 0 spiro atoms. The smallest absolute Gasteiger partial charge is 0.267 e. The summed E-state index contributed by atoms with van der Waals surface area (Å²) in [4.78, 5) is 12.4. The van der Waals surface area contributed by atoms with Gasteiger partial charge in [0.15, 0.2) is 0 Å². The van der Waals surface area contributed by atoms with Crippen LogP contribution in [-0.2, 0) is 0 Å². The fourth-order valence-electron chi connectivity index (χ4n) is 2.22. The van der Waals surface area contributed by atoms with Crippen LogP contribution in [0.3, 0.4) is 0 Å². The van der Waals surface area contributed by atoms with Gasteiger partial charge in [0, 0.05) is 17.7 Å². The molecule has 1 unspecified atom stereocenters. The Hall–Kier alpha value is -1.64. The summed E-state index contributed by atoms with van der Waals surface area (Å²) in [5, 5.41) is 6.04. The first kappa shape index (κ1) is 11.8. The molecule has 3 heteroatoms. The van der Waals surface area contributed by atoms with Crippen LogP contribution in [0.2, 0.25) is 0 Å². The number of carbonyl (C=O) groups is 1. The van der Waals surface area contributed by atoms with Crippen LogP contribution in [0.1, 0.15) is 44.0 Å². The molecule has 1 aromatic rings. The zero-order valence-corrected chi connectivity index (χ0v) is 10.6. The van der Waals surface area contributed by atoms with E-state index in [1.165, 1.54) is 0 Å². The number of benzene rings is 1. The van der Waals surface area contributed by atoms with Gasteiger partial charge in [-0.15, -0.1) is 0 Å². The van der Waals surface area contributed by atoms with Crippen molar-refractivity contribution in [2.45, 2.75) is 39.2 Å². The number of carbonyl (C=O) groups excluding carboxylic acids is 1. The Morgan fingerprint density at radius 3 is 2.65 bits per heavy atom. The number of hydrogen-bond acceptors (Lipinski definition) is 2. The zero-order chi connectivity index (χ0) is 12.5. The minimum atomic E-state index is -0.170. The number of nitrogens with zero attached hydrogens (tertiary/aromatic N) is 2. The van der Waals surface area contributed by atoms with Crippen LogP contribution in [0.4, 0.5) is 0 Å². The molecule has 0 radical (unpaired) electrons. The monoisotopic (exact) mass is 230 g/mol. The van der Waals surface area contributed by atoms with Crippen LogP contribution in [0, 0.1) is 0 Å². The van der Waals surface area contributed by atoms with E-state index in [2.05, 4.69) is 18.9 Å². The molecule has 1 heterocycles. The summed E-state index contributed by atoms with van der Waals surface area (Å²) in [5.74, 6) is -0.00759. The van der Waals surface area contributed by atoms with Gasteiger partial charge in [-0.3, -0.25) is 4.79 Å². The average Bonchev–Trinajstić information content (AvgIpc) is 2.66. The molecular weight excluding hydrogens is 212 g/mol. The SMILES string of the molecule is CCC1(C)CC(C)=NN1C(=O)c1ccccc1. The van der Waals surface area contributed by atoms with Crippen molar-refractivity contribution < 1.29 is 4.79 Å². The Morgan fingerprint density at radius 2 is 2.06 bits per heavy atom. The van der Waals surface area contributed by atoms with E-state index >= 15 is 0 Å². The molecule has 0 fully saturated rings. The number of rotatable bonds is 2. The van der Waals surface area contributed by atoms with Crippen molar-refractivity contribution in [1.29, 1.82) is 0 Å². The fraction of sp³-hybridized carbons (Fsp3) is 0.429. The van der Waals surface area contributed by atoms with Crippen LogP contribution < -0.4 is 0 Å². The molecule has 0 saturated carbocycles. The Labute approximate surface area is 102 Å². The lowest BCUT2D eigenvalue weighted by molar-refractivity contribution is 0.0572. The van der Waals surface area contributed by atoms with Crippen molar-refractivity contribution in [1.82, 2.24) is 5.01 Å². The van der Waals surface area contributed by atoms with E-state index in [9.17, 15) is 4.79 Å². The van der Waals surface area contributed by atoms with Crippen LogP contribution >= 0.6 is 0 Å². The van der Waals surface area contributed by atoms with Gasteiger partial charge in [-0.25, -0.2) is 5.01 Å². The van der Waals surface area contributed by atoms with Gasteiger partial charge in [-0.05, 0) is 32.4 Å². The maximum atomic E-state index is 12.4. The van der Waals surface area contributed by atoms with E-state index in [0.29, 0.717) is 5.56 Å². The van der Waals surface area contributed by atoms with E-state index in [4.69, 9.17) is 0 Å². The van der Waals surface area contributed by atoms with E-state index in [0.717, 1.165) is 18.6 Å². The molecule has 0 bridgehead atoms. The van der Waals surface area contributed by atoms with Crippen molar-refractivity contribution in [2.24, 2.45) is 5.10 Å². The number of amides is 1. The largest absolute Gasteiger partial charge is 0.274 e. The maximum Gasteiger partial charge on any atom is 0.274 e. The second-order valence-electron chi connectivity index (χ2n) is 4.85. The summed E-state index contributed by atoms with van der Waals surface area (Å²) in [6, 6.07) is 9.34. The highest BCUT2D eigenvalue weighted by atomic mass is 16.2. The summed E-state index contributed by atoms with van der Waals surface area (Å²) >= 11 is 0. The van der Waals surface area contributed by atoms with Gasteiger partial charge in [0.2, 0.25) is 0 Å². The first-order valence-electron chi connectivity index (χ1n) is 6.00. The molecule has 3 nitrogen and oxygen atoms in total. The third kappa shape index (κ3) is 2.09. The van der Waals surface area contributed by atoms with Gasteiger partial charge in [0.25, 0.3) is 5.91 Å². The van der Waals surface area contributed by atoms with Crippen molar-refractivity contribution in [3.63, 3.8) is 0 Å². The lowest BCUT2D eigenvalue weighted by Crippen LogP contribution is -2.42. The highest BCUT2D eigenvalue weighted by molar-refractivity contribution is 5.97. The quantitative estimate of drug-likeness (QED) is 0.768. The van der Waals surface area contributed by atoms with Crippen molar-refractivity contribution in [2.75, 3.05) is 0 Å². The lowest BCUT2D eigenvalue weighted by Gasteiger charge is -2.31. The Morgan fingerprint density at radius 1 is 1.41 bits per heavy atom. The summed E-state index contributed by atoms with van der Waals surface area (Å²) in [6.45, 7) is 6.17. The van der Waals surface area contributed by atoms with E-state index in [1.807, 2.05) is 37.3 Å². The van der Waals surface area contributed by atoms with E-state index in [-0.39, 0.29) is 11.4 Å². The first-order valence-corrected chi connectivity index (χ1v) is 6.00. The molecule has 0 aromatic heterocycles. The minimum absolute atomic E-state index is 0.00759. The van der Waals surface area contributed by atoms with Crippen molar-refractivity contribution in [3.8, 4) is 0 Å². The van der Waals surface area contributed by atoms with Gasteiger partial charge in [-0.2, -0.15) is 5.10 Å². The van der Waals surface area contributed by atoms with Crippen LogP contribution in [0.15, 0.2) is 35.4 Å². The normalized spacial score (nSPS) is 23.7. The number of hydrogen-bond donors (Lipinski definition) is 0. The van der Waals surface area contributed by atoms with E-state index < -0.39 is 0 Å². The Bertz CT molecular complexity index is 453. The molecule has 1 aliphatic rings. The van der Waals surface area contributed by atoms with Crippen LogP contribution in [0.25, 0.3) is 0 Å². The molecule has 0 N–H and O–H groups in total. The fourth-order valence-corrected chi connectivity index (χ4v) is 2.22. The molecule has 1 aliphatic heterocycles. The van der Waals surface area contributed by atoms with Crippen LogP contribution in [-0.4, -0.2) is 22.2 Å². The van der Waals surface area contributed by atoms with Gasteiger partial charge in [-0.1, -0.05) is 25.1 Å². The summed E-state index contributed by atoms with van der Waals surface area (Å²) in [7, 11) is 0. The van der Waals surface area contributed by atoms with Gasteiger partial charge >= 0.3 is 0 Å². The average molecular weight is 230 g/mol. The van der Waals surface area contributed by atoms with Gasteiger partial charge in [0.1, 0.15) is 0 Å². The Balaban J connectivity index is 2.31. The predicted molar refractivity (Wildman–Crippen MR) is 69.0 cm³/mol. The summed E-state index contributed by atoms with van der Waals surface area (Å²) in [6.07, 6.45) is 1.77. The number of hydrazone groups is 1. The van der Waals surface area contributed by atoms with Crippen molar-refractivity contribution >= 4 is 11.6 Å². The molecular formula is C14H18N2O. The topological polar surface area (TPSA) is 32.7 Å². The molecule has 0 aliphatic carbocycles. The van der Waals surface area contributed by atoms with Gasteiger partial charge < -0.3 is 0 Å². The second-order valence-corrected chi connectivity index (χ2v) is 4.85. The molecule has 17 heavy (non-hydrogen) atoms. The second kappa shape index (κ2) is 4.32. The molecule has 2 rings (SSSR count). The summed E-state index contributed by atoms with van der Waals surface area (Å²) in [5.41, 5.74) is 1.56. The third-order valence-electron chi connectivity index (χ3n) is 3.39. The van der Waals surface area contributed by atoms with Crippen molar-refractivity contribution in [3.05, 3.63) is 35.9 Å². The Kier molecular flexibility index (Phi) is 3.01. The molecule has 0 saturated heterocycles. The van der Waals surface area contributed by atoms with Crippen LogP contribution in [0.5, 0.6) is 0 Å². The van der Waals surface area contributed by atoms with Gasteiger partial charge in [0.05, 0.1) is 5.54 Å². The zero-order valence-electron chi connectivity index (χ0n) is 10.6. The maximum absolute atomic E-state index is 12.4. The highest BCUT2D eigenvalue weighted by Crippen LogP contribution is 2.31. The standard InChI is InChI=1S/C14H18N2O/c1-4-14(3)10-11(2)15-16(14)13(17)12-8-6-5-7-9-12/h5-9H,4,10H2,1-3H3. The lowest BCUT2D eigenvalue weighted by atomic mass is 9.92. The molecule has 1 amide bonds. The molecule has 1 atom stereocenters. The third-order valence-corrected chi connectivity index (χ3v) is 3.39. The predicted octanol–water partition coefficient (Wildman–Crippen LogP) is 3.08. The van der Waals surface area contributed by atoms with E-state index in [1.54, 1.807) is 5.01 Å². The molecule has 90 valence electrons. The highest BCUT2D eigenvalue weighted by Gasteiger charge is 2.39. The minimum Gasteiger partial charge on any atom is -0.267 e. The summed E-state index contributed by atoms with van der Waals surface area (Å²) < 4.78 is 0. The molecule has 1 aromatic carbocycles.